The Morgan fingerprint density at radius 1 is 1.39 bits per heavy atom. The number of alkyl halides is 3. The number of likely N-dealkylation sites (tertiary alicyclic amines) is 1. The highest BCUT2D eigenvalue weighted by Gasteiger charge is 2.43. The lowest BCUT2D eigenvalue weighted by atomic mass is 9.97. The van der Waals surface area contributed by atoms with Gasteiger partial charge in [-0.3, -0.25) is 4.79 Å². The molecule has 1 aromatic rings. The molecule has 0 aromatic carbocycles. The molecule has 1 aliphatic heterocycles. The third-order valence-electron chi connectivity index (χ3n) is 2.79. The minimum Gasteiger partial charge on any atom is -0.338 e. The molecule has 0 bridgehead atoms. The largest absolute Gasteiger partial charge is 0.471 e. The van der Waals surface area contributed by atoms with Crippen molar-refractivity contribution < 1.29 is 22.5 Å². The summed E-state index contributed by atoms with van der Waals surface area (Å²) >= 11 is 1.89. The number of piperidine rings is 1. The number of carbonyl (C=O) groups is 1. The molecule has 1 saturated heterocycles. The third kappa shape index (κ3) is 2.93. The van der Waals surface area contributed by atoms with Crippen LogP contribution in [0.15, 0.2) is 4.52 Å². The van der Waals surface area contributed by atoms with Gasteiger partial charge >= 0.3 is 12.1 Å². The minimum absolute atomic E-state index is 0.0575. The van der Waals surface area contributed by atoms with Gasteiger partial charge in [-0.25, -0.2) is 0 Å². The van der Waals surface area contributed by atoms with E-state index in [2.05, 4.69) is 10.1 Å². The van der Waals surface area contributed by atoms with Crippen molar-refractivity contribution in [2.24, 2.45) is 0 Å². The van der Waals surface area contributed by atoms with Crippen LogP contribution in [0.1, 0.15) is 24.7 Å². The molecule has 100 valence electrons. The van der Waals surface area contributed by atoms with Crippen molar-refractivity contribution in [2.75, 3.05) is 13.1 Å². The molecule has 1 fully saturated rings. The second-order valence-corrected chi connectivity index (χ2v) is 4.93. The first-order valence-electron chi connectivity index (χ1n) is 5.23. The van der Waals surface area contributed by atoms with E-state index in [1.54, 1.807) is 0 Å². The van der Waals surface area contributed by atoms with Crippen LogP contribution in [-0.4, -0.2) is 40.2 Å². The molecule has 0 radical (unpaired) electrons. The van der Waals surface area contributed by atoms with Crippen LogP contribution >= 0.6 is 22.6 Å². The van der Waals surface area contributed by atoms with Crippen LogP contribution in [0.3, 0.4) is 0 Å². The Bertz CT molecular complexity index is 441. The monoisotopic (exact) mass is 375 g/mol. The second kappa shape index (κ2) is 5.02. The smallest absolute Gasteiger partial charge is 0.338 e. The average molecular weight is 375 g/mol. The molecule has 0 saturated carbocycles. The van der Waals surface area contributed by atoms with E-state index in [1.807, 2.05) is 22.6 Å². The molecule has 9 heteroatoms. The molecule has 2 heterocycles. The zero-order valence-corrected chi connectivity index (χ0v) is 11.2. The van der Waals surface area contributed by atoms with Crippen LogP contribution in [0.25, 0.3) is 0 Å². The van der Waals surface area contributed by atoms with Crippen LogP contribution in [0.5, 0.6) is 0 Å². The number of nitrogens with zero attached hydrogens (tertiary/aromatic N) is 3. The summed E-state index contributed by atoms with van der Waals surface area (Å²) in [6, 6.07) is 0. The van der Waals surface area contributed by atoms with Crippen LogP contribution in [-0.2, 0) is 4.79 Å². The Labute approximate surface area is 114 Å². The molecular weight excluding hydrogens is 366 g/mol. The Morgan fingerprint density at radius 2 is 2.00 bits per heavy atom. The van der Waals surface area contributed by atoms with Gasteiger partial charge in [0.2, 0.25) is 9.72 Å². The van der Waals surface area contributed by atoms with Crippen molar-refractivity contribution in [3.63, 3.8) is 0 Å². The lowest BCUT2D eigenvalue weighted by Crippen LogP contribution is -2.45. The molecular formula is C9H9F3IN3O2. The molecule has 0 aliphatic carbocycles. The van der Waals surface area contributed by atoms with E-state index < -0.39 is 12.1 Å². The number of hydrogen-bond donors (Lipinski definition) is 0. The Hall–Kier alpha value is -0.870. The first-order valence-corrected chi connectivity index (χ1v) is 6.31. The van der Waals surface area contributed by atoms with Crippen LogP contribution < -0.4 is 0 Å². The van der Waals surface area contributed by atoms with Crippen LogP contribution in [0.2, 0.25) is 0 Å². The predicted octanol–water partition coefficient (Wildman–Crippen LogP) is 1.94. The van der Waals surface area contributed by atoms with Gasteiger partial charge in [0.1, 0.15) is 0 Å². The molecule has 1 aromatic heterocycles. The van der Waals surface area contributed by atoms with E-state index in [4.69, 9.17) is 4.52 Å². The second-order valence-electron chi connectivity index (χ2n) is 3.97. The van der Waals surface area contributed by atoms with Crippen LogP contribution in [0, 0.1) is 3.83 Å². The molecule has 2 rings (SSSR count). The Balaban J connectivity index is 1.94. The first kappa shape index (κ1) is 13.6. The highest BCUT2D eigenvalue weighted by atomic mass is 127. The summed E-state index contributed by atoms with van der Waals surface area (Å²) in [4.78, 5) is 15.9. The molecule has 0 unspecified atom stereocenters. The zero-order valence-electron chi connectivity index (χ0n) is 9.08. The average Bonchev–Trinajstić information content (AvgIpc) is 2.74. The van der Waals surface area contributed by atoms with Crippen molar-refractivity contribution >= 4 is 28.5 Å². The molecule has 18 heavy (non-hydrogen) atoms. The van der Waals surface area contributed by atoms with E-state index >= 15 is 0 Å². The summed E-state index contributed by atoms with van der Waals surface area (Å²) in [7, 11) is 0. The number of carbonyl (C=O) groups excluding carboxylic acids is 1. The summed E-state index contributed by atoms with van der Waals surface area (Å²) in [5, 5.41) is 3.63. The van der Waals surface area contributed by atoms with Gasteiger partial charge in [-0.05, 0) is 12.8 Å². The number of aromatic nitrogens is 2. The van der Waals surface area contributed by atoms with E-state index in [9.17, 15) is 18.0 Å². The maximum atomic E-state index is 12.2. The molecule has 5 nitrogen and oxygen atoms in total. The molecule has 0 atom stereocenters. The van der Waals surface area contributed by atoms with Crippen LogP contribution in [0.4, 0.5) is 13.2 Å². The van der Waals surface area contributed by atoms with Gasteiger partial charge in [0.25, 0.3) is 0 Å². The summed E-state index contributed by atoms with van der Waals surface area (Å²) in [6.45, 7) is 0.115. The number of rotatable bonds is 1. The van der Waals surface area contributed by atoms with E-state index in [0.29, 0.717) is 22.6 Å². The maximum Gasteiger partial charge on any atom is 0.471 e. The maximum absolute atomic E-state index is 12.2. The zero-order chi connectivity index (χ0) is 13.3. The van der Waals surface area contributed by atoms with Gasteiger partial charge in [-0.1, -0.05) is 5.16 Å². The normalized spacial score (nSPS) is 18.1. The Morgan fingerprint density at radius 3 is 2.44 bits per heavy atom. The lowest BCUT2D eigenvalue weighted by molar-refractivity contribution is -0.186. The highest BCUT2D eigenvalue weighted by Crippen LogP contribution is 2.29. The van der Waals surface area contributed by atoms with Gasteiger partial charge in [0, 0.05) is 41.6 Å². The van der Waals surface area contributed by atoms with Crippen molar-refractivity contribution in [3.05, 3.63) is 9.72 Å². The predicted molar refractivity (Wildman–Crippen MR) is 61.6 cm³/mol. The summed E-state index contributed by atoms with van der Waals surface area (Å²) in [5.41, 5.74) is 0. The van der Waals surface area contributed by atoms with Gasteiger partial charge in [0.15, 0.2) is 0 Å². The Kier molecular flexibility index (Phi) is 3.78. The van der Waals surface area contributed by atoms with Crippen molar-refractivity contribution in [1.29, 1.82) is 0 Å². The fourth-order valence-corrected chi connectivity index (χ4v) is 2.23. The molecule has 1 aliphatic rings. The fourth-order valence-electron chi connectivity index (χ4n) is 1.89. The van der Waals surface area contributed by atoms with Gasteiger partial charge in [-0.2, -0.15) is 18.2 Å². The van der Waals surface area contributed by atoms with Gasteiger partial charge in [0.05, 0.1) is 0 Å². The molecule has 1 amide bonds. The number of halogens is 4. The fraction of sp³-hybridized carbons (Fsp3) is 0.667. The summed E-state index contributed by atoms with van der Waals surface area (Å²) < 4.78 is 42.1. The highest BCUT2D eigenvalue weighted by molar-refractivity contribution is 14.1. The van der Waals surface area contributed by atoms with E-state index in [0.717, 1.165) is 4.90 Å². The van der Waals surface area contributed by atoms with Gasteiger partial charge < -0.3 is 9.42 Å². The quantitative estimate of drug-likeness (QED) is 0.705. The SMILES string of the molecule is O=C(N1CCC(c2nc(I)no2)CC1)C(F)(F)F. The van der Waals surface area contributed by atoms with Crippen molar-refractivity contribution in [3.8, 4) is 0 Å². The number of amides is 1. The van der Waals surface area contributed by atoms with Gasteiger partial charge in [-0.15, -0.1) is 0 Å². The molecule has 0 spiro atoms. The van der Waals surface area contributed by atoms with Crippen molar-refractivity contribution in [2.45, 2.75) is 24.9 Å². The minimum atomic E-state index is -4.80. The first-order chi connectivity index (χ1) is 8.38. The summed E-state index contributed by atoms with van der Waals surface area (Å²) in [5.74, 6) is -1.42. The topological polar surface area (TPSA) is 59.2 Å². The molecule has 0 N–H and O–H groups in total. The standard InChI is InChI=1S/C9H9F3IN3O2/c10-9(11,12)7(17)16-3-1-5(2-4-16)6-14-8(13)15-18-6/h5H,1-4H2. The van der Waals surface area contributed by atoms with E-state index in [-0.39, 0.29) is 19.0 Å². The summed E-state index contributed by atoms with van der Waals surface area (Å²) in [6.07, 6.45) is -3.99. The lowest BCUT2D eigenvalue weighted by Gasteiger charge is -2.30. The third-order valence-corrected chi connectivity index (χ3v) is 3.23. The van der Waals surface area contributed by atoms with E-state index in [1.165, 1.54) is 0 Å². The van der Waals surface area contributed by atoms with Crippen molar-refractivity contribution in [1.82, 2.24) is 15.0 Å². The number of hydrogen-bond acceptors (Lipinski definition) is 4.